The van der Waals surface area contributed by atoms with Crippen LogP contribution in [-0.2, 0) is 4.74 Å². The number of nitrogens with zero attached hydrogens (tertiary/aromatic N) is 3. The summed E-state index contributed by atoms with van der Waals surface area (Å²) in [5, 5.41) is 9.51. The molecule has 0 amide bonds. The molecule has 1 aliphatic heterocycles. The molecular formula is C18H17N5O2. The summed E-state index contributed by atoms with van der Waals surface area (Å²) in [6.45, 7) is 1.46. The zero-order valence-corrected chi connectivity index (χ0v) is 13.5. The van der Waals surface area contributed by atoms with Crippen LogP contribution in [0.2, 0.25) is 0 Å². The van der Waals surface area contributed by atoms with Crippen molar-refractivity contribution in [1.29, 1.82) is 0 Å². The van der Waals surface area contributed by atoms with Crippen LogP contribution in [-0.4, -0.2) is 44.5 Å². The fourth-order valence-electron chi connectivity index (χ4n) is 3.26. The number of aromatic nitrogens is 5. The highest BCUT2D eigenvalue weighted by atomic mass is 16.5. The quantitative estimate of drug-likeness (QED) is 0.601. The van der Waals surface area contributed by atoms with Gasteiger partial charge in [0.15, 0.2) is 0 Å². The highest BCUT2D eigenvalue weighted by molar-refractivity contribution is 5.97. The first-order valence-electron chi connectivity index (χ1n) is 8.39. The Bertz CT molecular complexity index is 1030. The SMILES string of the molecule is c1cc2[nH]nc(-c3cnc4[nH]ccc4c3)c2c(OC2CCOCC2)n1. The van der Waals surface area contributed by atoms with Crippen molar-refractivity contribution in [3.8, 4) is 17.1 Å². The first-order chi connectivity index (χ1) is 12.4. The molecule has 0 aromatic carbocycles. The normalized spacial score (nSPS) is 15.8. The van der Waals surface area contributed by atoms with Crippen molar-refractivity contribution in [2.45, 2.75) is 18.9 Å². The molecule has 4 aromatic rings. The largest absolute Gasteiger partial charge is 0.474 e. The zero-order chi connectivity index (χ0) is 16.6. The molecule has 0 atom stereocenters. The number of H-pyrrole nitrogens is 2. The van der Waals surface area contributed by atoms with E-state index in [2.05, 4.69) is 31.2 Å². The Balaban J connectivity index is 1.60. The van der Waals surface area contributed by atoms with E-state index in [4.69, 9.17) is 9.47 Å². The van der Waals surface area contributed by atoms with Crippen LogP contribution in [0.15, 0.2) is 36.8 Å². The summed E-state index contributed by atoms with van der Waals surface area (Å²) in [6, 6.07) is 5.98. The summed E-state index contributed by atoms with van der Waals surface area (Å²) in [5.74, 6) is 0.613. The van der Waals surface area contributed by atoms with Crippen LogP contribution in [0, 0.1) is 0 Å². The molecule has 0 aliphatic carbocycles. The number of hydrogen-bond acceptors (Lipinski definition) is 5. The minimum absolute atomic E-state index is 0.125. The van der Waals surface area contributed by atoms with E-state index >= 15 is 0 Å². The molecular weight excluding hydrogens is 318 g/mol. The summed E-state index contributed by atoms with van der Waals surface area (Å²) < 4.78 is 11.6. The van der Waals surface area contributed by atoms with Crippen molar-refractivity contribution in [1.82, 2.24) is 25.1 Å². The smallest absolute Gasteiger partial charge is 0.225 e. The standard InChI is InChI=1S/C18H17N5O2/c1-5-19-17-11(1)9-12(10-21-17)16-15-14(22-23-16)2-6-20-18(15)25-13-3-7-24-8-4-13/h1-2,5-6,9-10,13H,3-4,7-8H2,(H,19,21)(H,22,23). The van der Waals surface area contributed by atoms with Gasteiger partial charge in [0.25, 0.3) is 0 Å². The van der Waals surface area contributed by atoms with E-state index < -0.39 is 0 Å². The van der Waals surface area contributed by atoms with Gasteiger partial charge in [-0.05, 0) is 18.2 Å². The van der Waals surface area contributed by atoms with Gasteiger partial charge in [-0.3, -0.25) is 5.10 Å². The Morgan fingerprint density at radius 3 is 3.00 bits per heavy atom. The minimum Gasteiger partial charge on any atom is -0.474 e. The van der Waals surface area contributed by atoms with Gasteiger partial charge in [-0.2, -0.15) is 5.10 Å². The van der Waals surface area contributed by atoms with Crippen molar-refractivity contribution in [2.24, 2.45) is 0 Å². The Kier molecular flexibility index (Phi) is 3.38. The van der Waals surface area contributed by atoms with E-state index in [1.807, 2.05) is 24.5 Å². The maximum absolute atomic E-state index is 6.18. The average Bonchev–Trinajstić information content (AvgIpc) is 3.29. The summed E-state index contributed by atoms with van der Waals surface area (Å²) in [7, 11) is 0. The Labute approximate surface area is 143 Å². The van der Waals surface area contributed by atoms with Crippen LogP contribution in [0.4, 0.5) is 0 Å². The van der Waals surface area contributed by atoms with Gasteiger partial charge >= 0.3 is 0 Å². The van der Waals surface area contributed by atoms with E-state index in [0.29, 0.717) is 5.88 Å². The molecule has 1 fully saturated rings. The third kappa shape index (κ3) is 2.53. The van der Waals surface area contributed by atoms with Crippen molar-refractivity contribution in [2.75, 3.05) is 13.2 Å². The molecule has 5 heterocycles. The van der Waals surface area contributed by atoms with E-state index in [0.717, 1.165) is 59.2 Å². The monoisotopic (exact) mass is 335 g/mol. The van der Waals surface area contributed by atoms with Gasteiger partial charge < -0.3 is 14.5 Å². The van der Waals surface area contributed by atoms with Crippen LogP contribution in [0.25, 0.3) is 33.2 Å². The molecule has 2 N–H and O–H groups in total. The maximum atomic E-state index is 6.18. The fraction of sp³-hybridized carbons (Fsp3) is 0.278. The second-order valence-corrected chi connectivity index (χ2v) is 6.18. The number of nitrogens with one attached hydrogen (secondary N) is 2. The predicted octanol–water partition coefficient (Wildman–Crippen LogP) is 3.06. The number of aromatic amines is 2. The predicted molar refractivity (Wildman–Crippen MR) is 93.4 cm³/mol. The number of ether oxygens (including phenoxy) is 2. The fourth-order valence-corrected chi connectivity index (χ4v) is 3.26. The van der Waals surface area contributed by atoms with Crippen LogP contribution >= 0.6 is 0 Å². The first-order valence-corrected chi connectivity index (χ1v) is 8.39. The van der Waals surface area contributed by atoms with Crippen molar-refractivity contribution < 1.29 is 9.47 Å². The van der Waals surface area contributed by atoms with Gasteiger partial charge in [-0.25, -0.2) is 9.97 Å². The van der Waals surface area contributed by atoms with Crippen LogP contribution in [0.5, 0.6) is 5.88 Å². The van der Waals surface area contributed by atoms with E-state index in [1.165, 1.54) is 0 Å². The summed E-state index contributed by atoms with van der Waals surface area (Å²) >= 11 is 0. The highest BCUT2D eigenvalue weighted by Gasteiger charge is 2.20. The molecule has 0 bridgehead atoms. The lowest BCUT2D eigenvalue weighted by atomic mass is 10.1. The lowest BCUT2D eigenvalue weighted by Gasteiger charge is -2.23. The summed E-state index contributed by atoms with van der Waals surface area (Å²) in [4.78, 5) is 12.0. The molecule has 0 radical (unpaired) electrons. The van der Waals surface area contributed by atoms with Gasteiger partial charge in [0.1, 0.15) is 17.4 Å². The van der Waals surface area contributed by atoms with Gasteiger partial charge in [-0.1, -0.05) is 0 Å². The van der Waals surface area contributed by atoms with Crippen LogP contribution < -0.4 is 4.74 Å². The highest BCUT2D eigenvalue weighted by Crippen LogP contribution is 2.33. The van der Waals surface area contributed by atoms with Crippen molar-refractivity contribution in [3.63, 3.8) is 0 Å². The van der Waals surface area contributed by atoms with Gasteiger partial charge in [0.2, 0.25) is 5.88 Å². The Morgan fingerprint density at radius 2 is 2.08 bits per heavy atom. The lowest BCUT2D eigenvalue weighted by molar-refractivity contribution is 0.0244. The van der Waals surface area contributed by atoms with Crippen molar-refractivity contribution in [3.05, 3.63) is 36.8 Å². The molecule has 1 aliphatic rings. The molecule has 7 nitrogen and oxygen atoms in total. The second kappa shape index (κ2) is 5.86. The minimum atomic E-state index is 0.125. The summed E-state index contributed by atoms with van der Waals surface area (Å²) in [5.41, 5.74) is 3.51. The Morgan fingerprint density at radius 1 is 1.16 bits per heavy atom. The van der Waals surface area contributed by atoms with Gasteiger partial charge in [0, 0.05) is 42.4 Å². The molecule has 5 rings (SSSR count). The third-order valence-electron chi connectivity index (χ3n) is 4.56. The van der Waals surface area contributed by atoms with E-state index in [1.54, 1.807) is 6.20 Å². The molecule has 1 saturated heterocycles. The molecule has 25 heavy (non-hydrogen) atoms. The van der Waals surface area contributed by atoms with E-state index in [-0.39, 0.29) is 6.10 Å². The molecule has 0 unspecified atom stereocenters. The van der Waals surface area contributed by atoms with Gasteiger partial charge in [-0.15, -0.1) is 0 Å². The molecule has 4 aromatic heterocycles. The number of hydrogen-bond donors (Lipinski definition) is 2. The third-order valence-corrected chi connectivity index (χ3v) is 4.56. The van der Waals surface area contributed by atoms with Crippen LogP contribution in [0.1, 0.15) is 12.8 Å². The summed E-state index contributed by atoms with van der Waals surface area (Å²) in [6.07, 6.45) is 7.32. The first kappa shape index (κ1) is 14.4. The lowest BCUT2D eigenvalue weighted by Crippen LogP contribution is -2.26. The van der Waals surface area contributed by atoms with E-state index in [9.17, 15) is 0 Å². The average molecular weight is 335 g/mol. The van der Waals surface area contributed by atoms with Crippen molar-refractivity contribution >= 4 is 21.9 Å². The second-order valence-electron chi connectivity index (χ2n) is 6.18. The molecule has 126 valence electrons. The zero-order valence-electron chi connectivity index (χ0n) is 13.5. The molecule has 0 saturated carbocycles. The number of rotatable bonds is 3. The molecule has 0 spiro atoms. The molecule has 7 heteroatoms. The number of pyridine rings is 2. The Hall–Kier alpha value is -2.93. The van der Waals surface area contributed by atoms with Crippen LogP contribution in [0.3, 0.4) is 0 Å². The maximum Gasteiger partial charge on any atom is 0.225 e. The topological polar surface area (TPSA) is 88.7 Å². The number of fused-ring (bicyclic) bond motifs is 2. The van der Waals surface area contributed by atoms with Gasteiger partial charge in [0.05, 0.1) is 24.1 Å².